The van der Waals surface area contributed by atoms with Crippen molar-refractivity contribution in [3.63, 3.8) is 0 Å². The van der Waals surface area contributed by atoms with Crippen LogP contribution in [-0.4, -0.2) is 17.9 Å². The van der Waals surface area contributed by atoms with Crippen LogP contribution in [0.15, 0.2) is 48.6 Å². The van der Waals surface area contributed by atoms with E-state index in [9.17, 15) is 0 Å². The molecule has 152 valence electrons. The smallest absolute Gasteiger partial charge is 0.230 e. The van der Waals surface area contributed by atoms with Crippen LogP contribution in [-0.2, 0) is 0 Å². The highest BCUT2D eigenvalue weighted by Crippen LogP contribution is 2.37. The summed E-state index contributed by atoms with van der Waals surface area (Å²) in [5.41, 5.74) is 7.04. The van der Waals surface area contributed by atoms with Crippen LogP contribution >= 0.6 is 0 Å². The molecule has 2 aliphatic rings. The zero-order valence-corrected chi connectivity index (χ0v) is 18.1. The molecule has 0 spiro atoms. The number of fused-ring (bicyclic) bond motifs is 2. The Morgan fingerprint density at radius 2 is 1.10 bits per heavy atom. The van der Waals surface area contributed by atoms with E-state index in [1.807, 2.05) is 12.1 Å². The molecule has 4 heteroatoms. The fraction of sp³-hybridized carbons (Fsp3) is 0.360. The largest absolute Gasteiger partial charge is 0.457 e. The van der Waals surface area contributed by atoms with Gasteiger partial charge in [0, 0.05) is 22.5 Å². The molecule has 0 unspecified atom stereocenters. The van der Waals surface area contributed by atoms with Gasteiger partial charge in [0.15, 0.2) is 0 Å². The first-order valence-electron chi connectivity index (χ1n) is 10.1. The van der Waals surface area contributed by atoms with Gasteiger partial charge in [0.25, 0.3) is 0 Å². The lowest BCUT2D eigenvalue weighted by Crippen LogP contribution is -2.31. The van der Waals surface area contributed by atoms with Gasteiger partial charge < -0.3 is 20.1 Å². The highest BCUT2D eigenvalue weighted by Gasteiger charge is 2.23. The second kappa shape index (κ2) is 6.87. The number of benzene rings is 2. The number of nitrogens with one attached hydrogen (secondary N) is 2. The second-order valence-corrected chi connectivity index (χ2v) is 9.17. The second-order valence-electron chi connectivity index (χ2n) is 9.17. The molecule has 29 heavy (non-hydrogen) atoms. The van der Waals surface area contributed by atoms with E-state index in [2.05, 4.69) is 88.6 Å². The van der Waals surface area contributed by atoms with Crippen molar-refractivity contribution in [2.45, 2.75) is 52.6 Å². The summed E-state index contributed by atoms with van der Waals surface area (Å²) in [7, 11) is 0. The molecule has 4 nitrogen and oxygen atoms in total. The fourth-order valence-electron chi connectivity index (χ4n) is 4.27. The maximum absolute atomic E-state index is 5.87. The first kappa shape index (κ1) is 19.4. The van der Waals surface area contributed by atoms with Gasteiger partial charge in [-0.3, -0.25) is 0 Å². The van der Waals surface area contributed by atoms with Crippen LogP contribution in [0.1, 0.15) is 52.7 Å². The van der Waals surface area contributed by atoms with Crippen molar-refractivity contribution >= 4 is 22.5 Å². The van der Waals surface area contributed by atoms with Gasteiger partial charge in [-0.25, -0.2) is 0 Å². The summed E-state index contributed by atoms with van der Waals surface area (Å²) in [4.78, 5) is 0. The van der Waals surface area contributed by atoms with E-state index in [0.717, 1.165) is 22.9 Å². The number of hydrogen-bond acceptors (Lipinski definition) is 4. The minimum Gasteiger partial charge on any atom is -0.457 e. The van der Waals surface area contributed by atoms with E-state index in [0.29, 0.717) is 0 Å². The number of rotatable bonds is 4. The van der Waals surface area contributed by atoms with Crippen LogP contribution < -0.4 is 20.1 Å². The Balaban J connectivity index is 1.43. The molecule has 0 saturated heterocycles. The van der Waals surface area contributed by atoms with Gasteiger partial charge in [-0.05, 0) is 89.1 Å². The summed E-state index contributed by atoms with van der Waals surface area (Å²) in [6, 6.07) is 12.2. The zero-order valence-electron chi connectivity index (χ0n) is 18.1. The topological polar surface area (TPSA) is 42.5 Å². The monoisotopic (exact) mass is 390 g/mol. The van der Waals surface area contributed by atoms with Gasteiger partial charge in [-0.2, -0.15) is 0 Å². The summed E-state index contributed by atoms with van der Waals surface area (Å²) in [5, 5.41) is 7.08. The first-order valence-corrected chi connectivity index (χ1v) is 10.1. The third kappa shape index (κ3) is 4.12. The highest BCUT2D eigenvalue weighted by atomic mass is 16.7. The minimum atomic E-state index is -0.0360. The quantitative estimate of drug-likeness (QED) is 0.600. The number of hydrogen-bond donors (Lipinski definition) is 2. The summed E-state index contributed by atoms with van der Waals surface area (Å²) in [6.45, 7) is 13.1. The summed E-state index contributed by atoms with van der Waals surface area (Å²) in [5.74, 6) is 1.60. The molecule has 2 heterocycles. The van der Waals surface area contributed by atoms with Crippen molar-refractivity contribution < 1.29 is 9.47 Å². The van der Waals surface area contributed by atoms with E-state index >= 15 is 0 Å². The van der Waals surface area contributed by atoms with Gasteiger partial charge in [0.05, 0.1) is 11.1 Å². The third-order valence-corrected chi connectivity index (χ3v) is 5.35. The normalized spacial score (nSPS) is 18.3. The molecule has 2 N–H and O–H groups in total. The van der Waals surface area contributed by atoms with Crippen molar-refractivity contribution in [3.05, 3.63) is 59.7 Å². The maximum Gasteiger partial charge on any atom is 0.230 e. The number of anilines is 2. The molecule has 0 saturated carbocycles. The molecule has 2 aliphatic heterocycles. The average molecular weight is 391 g/mol. The molecular weight excluding hydrogens is 360 g/mol. The molecule has 2 aromatic carbocycles. The molecule has 0 atom stereocenters. The number of allylic oxidation sites excluding steroid dienone is 2. The fourth-order valence-corrected chi connectivity index (χ4v) is 4.27. The zero-order chi connectivity index (χ0) is 20.8. The predicted molar refractivity (Wildman–Crippen MR) is 122 cm³/mol. The van der Waals surface area contributed by atoms with Crippen LogP contribution in [0, 0.1) is 0 Å². The summed E-state index contributed by atoms with van der Waals surface area (Å²) >= 11 is 0. The van der Waals surface area contributed by atoms with E-state index in [4.69, 9.17) is 9.47 Å². The summed E-state index contributed by atoms with van der Waals surface area (Å²) in [6.07, 6.45) is 4.49. The van der Waals surface area contributed by atoms with Gasteiger partial charge in [0.1, 0.15) is 11.5 Å². The molecule has 0 bridgehead atoms. The van der Waals surface area contributed by atoms with Crippen LogP contribution in [0.4, 0.5) is 11.4 Å². The SMILES string of the molecule is CC1=CC(C)(C)Nc2ccc(OCOc3ccc4c(c3)C(C)=CC(C)(C)N4)cc21. The Morgan fingerprint density at radius 3 is 1.52 bits per heavy atom. The third-order valence-electron chi connectivity index (χ3n) is 5.35. The highest BCUT2D eigenvalue weighted by molar-refractivity contribution is 5.81. The number of ether oxygens (including phenoxy) is 2. The molecule has 0 amide bonds. The maximum atomic E-state index is 5.87. The molecule has 4 rings (SSSR count). The van der Waals surface area contributed by atoms with Crippen molar-refractivity contribution in [1.82, 2.24) is 0 Å². The van der Waals surface area contributed by atoms with Crippen LogP contribution in [0.25, 0.3) is 11.1 Å². The van der Waals surface area contributed by atoms with Gasteiger partial charge >= 0.3 is 0 Å². The molecule has 2 aromatic rings. The standard InChI is InChI=1S/C25H30N2O2/c1-16-13-24(3,4)26-22-9-7-18(11-20(16)22)28-15-29-19-8-10-23-21(12-19)17(2)14-25(5,6)27-23/h7-14,26-27H,15H2,1-6H3. The Kier molecular flexibility index (Phi) is 4.60. The molecule has 0 radical (unpaired) electrons. The van der Waals surface area contributed by atoms with E-state index < -0.39 is 0 Å². The van der Waals surface area contributed by atoms with Gasteiger partial charge in [0.2, 0.25) is 6.79 Å². The lowest BCUT2D eigenvalue weighted by molar-refractivity contribution is 0.120. The Hall–Kier alpha value is -2.88. The van der Waals surface area contributed by atoms with Crippen molar-refractivity contribution in [3.8, 4) is 11.5 Å². The summed E-state index contributed by atoms with van der Waals surface area (Å²) < 4.78 is 11.7. The Morgan fingerprint density at radius 1 is 0.690 bits per heavy atom. The van der Waals surface area contributed by atoms with Crippen LogP contribution in [0.2, 0.25) is 0 Å². The van der Waals surface area contributed by atoms with E-state index in [1.165, 1.54) is 22.3 Å². The molecule has 0 fully saturated rings. The first-order chi connectivity index (χ1) is 13.6. The van der Waals surface area contributed by atoms with Crippen molar-refractivity contribution in [1.29, 1.82) is 0 Å². The minimum absolute atomic E-state index is 0.0360. The van der Waals surface area contributed by atoms with E-state index in [-0.39, 0.29) is 17.9 Å². The Labute approximate surface area is 173 Å². The van der Waals surface area contributed by atoms with Gasteiger partial charge in [-0.1, -0.05) is 12.2 Å². The lowest BCUT2D eigenvalue weighted by atomic mass is 9.91. The van der Waals surface area contributed by atoms with Gasteiger partial charge in [-0.15, -0.1) is 0 Å². The lowest BCUT2D eigenvalue weighted by Gasteiger charge is -2.31. The Bertz CT molecular complexity index is 934. The molecule has 0 aromatic heterocycles. The van der Waals surface area contributed by atoms with E-state index in [1.54, 1.807) is 0 Å². The molecule has 0 aliphatic carbocycles. The van der Waals surface area contributed by atoms with Crippen LogP contribution in [0.3, 0.4) is 0 Å². The van der Waals surface area contributed by atoms with Crippen molar-refractivity contribution in [2.75, 3.05) is 17.4 Å². The average Bonchev–Trinajstić information content (AvgIpc) is 2.61. The van der Waals surface area contributed by atoms with Crippen molar-refractivity contribution in [2.24, 2.45) is 0 Å². The predicted octanol–water partition coefficient (Wildman–Crippen LogP) is 6.32. The molecular formula is C25H30N2O2. The van der Waals surface area contributed by atoms with Crippen LogP contribution in [0.5, 0.6) is 11.5 Å².